The van der Waals surface area contributed by atoms with E-state index >= 15 is 0 Å². The summed E-state index contributed by atoms with van der Waals surface area (Å²) in [6, 6.07) is 19.7. The number of piperazine rings is 1. The molecule has 41 heavy (non-hydrogen) atoms. The molecule has 0 N–H and O–H groups in total. The van der Waals surface area contributed by atoms with Crippen molar-refractivity contribution in [3.05, 3.63) is 94.3 Å². The molecule has 0 unspecified atom stereocenters. The van der Waals surface area contributed by atoms with Gasteiger partial charge in [-0.15, -0.1) is 0 Å². The summed E-state index contributed by atoms with van der Waals surface area (Å²) >= 11 is 6.18. The van der Waals surface area contributed by atoms with Crippen LogP contribution in [0.25, 0.3) is 5.57 Å². The Balaban J connectivity index is 1.30. The second-order valence-electron chi connectivity index (χ2n) is 11.7. The lowest BCUT2D eigenvalue weighted by atomic mass is 9.72. The molecule has 0 amide bonds. The van der Waals surface area contributed by atoms with E-state index in [0.717, 1.165) is 56.3 Å². The van der Waals surface area contributed by atoms with Gasteiger partial charge in [0.15, 0.2) is 0 Å². The van der Waals surface area contributed by atoms with Gasteiger partial charge in [0.1, 0.15) is 22.9 Å². The molecule has 1 heterocycles. The van der Waals surface area contributed by atoms with Gasteiger partial charge in [0.25, 0.3) is 0 Å². The van der Waals surface area contributed by atoms with Crippen molar-refractivity contribution in [2.24, 2.45) is 5.41 Å². The predicted molar refractivity (Wildman–Crippen MR) is 164 cm³/mol. The summed E-state index contributed by atoms with van der Waals surface area (Å²) in [4.78, 5) is 17.5. The molecule has 0 spiro atoms. The lowest BCUT2D eigenvalue weighted by Gasteiger charge is -2.39. The molecule has 1 saturated heterocycles. The molecule has 1 aliphatic heterocycles. The fourth-order valence-corrected chi connectivity index (χ4v) is 5.82. The maximum absolute atomic E-state index is 13.4. The summed E-state index contributed by atoms with van der Waals surface area (Å²) in [5, 5.41) is 0.767. The fourth-order valence-electron chi connectivity index (χ4n) is 5.70. The molecule has 3 aromatic rings. The van der Waals surface area contributed by atoms with Crippen LogP contribution in [-0.4, -0.2) is 50.2 Å². The fraction of sp³-hybridized carbons (Fsp3) is 0.382. The van der Waals surface area contributed by atoms with Crippen molar-refractivity contribution in [3.8, 4) is 11.5 Å². The quantitative estimate of drug-likeness (QED) is 0.253. The van der Waals surface area contributed by atoms with Crippen molar-refractivity contribution >= 4 is 28.8 Å². The zero-order valence-corrected chi connectivity index (χ0v) is 24.8. The summed E-state index contributed by atoms with van der Waals surface area (Å²) in [5.41, 5.74) is 5.91. The number of anilines is 1. The first-order valence-electron chi connectivity index (χ1n) is 14.4. The van der Waals surface area contributed by atoms with Gasteiger partial charge in [0.2, 0.25) is 0 Å². The monoisotopic (exact) mass is 576 g/mol. The largest absolute Gasteiger partial charge is 0.462 e. The first-order valence-corrected chi connectivity index (χ1v) is 14.8. The number of hydrogen-bond donors (Lipinski definition) is 0. The highest BCUT2D eigenvalue weighted by Gasteiger charge is 2.29. The lowest BCUT2D eigenvalue weighted by Crippen LogP contribution is -2.47. The van der Waals surface area contributed by atoms with Gasteiger partial charge in [0, 0.05) is 49.5 Å². The Morgan fingerprint density at radius 1 is 0.976 bits per heavy atom. The van der Waals surface area contributed by atoms with E-state index in [2.05, 4.69) is 35.8 Å². The van der Waals surface area contributed by atoms with Crippen molar-refractivity contribution in [2.75, 3.05) is 44.2 Å². The average molecular weight is 577 g/mol. The Morgan fingerprint density at radius 3 is 2.37 bits per heavy atom. The molecule has 0 aromatic heterocycles. The van der Waals surface area contributed by atoms with Crippen LogP contribution in [0.3, 0.4) is 0 Å². The van der Waals surface area contributed by atoms with Gasteiger partial charge in [-0.2, -0.15) is 0 Å². The van der Waals surface area contributed by atoms with Gasteiger partial charge in [-0.25, -0.2) is 9.18 Å². The van der Waals surface area contributed by atoms with Crippen LogP contribution < -0.4 is 9.64 Å². The maximum Gasteiger partial charge on any atom is 0.341 e. The van der Waals surface area contributed by atoms with Crippen molar-refractivity contribution in [2.45, 2.75) is 40.0 Å². The molecule has 2 aliphatic rings. The second-order valence-corrected chi connectivity index (χ2v) is 12.1. The molecular formula is C34H38ClFN2O3. The number of nitrogens with zero attached hydrogens (tertiary/aromatic N) is 2. The number of carbonyl (C=O) groups excluding carboxylic acids is 1. The number of esters is 1. The summed E-state index contributed by atoms with van der Waals surface area (Å²) in [6.45, 7) is 11.3. The SMILES string of the molecule is CCOC(=O)c1ccc(N2CCN(CC3=C(c4ccc(Cl)cc4)CC(C)(C)CC3)CC2)cc1Oc1ccc(F)cc1. The summed E-state index contributed by atoms with van der Waals surface area (Å²) < 4.78 is 24.7. The molecule has 0 saturated carbocycles. The Hall–Kier alpha value is -3.35. The van der Waals surface area contributed by atoms with Gasteiger partial charge in [-0.1, -0.05) is 43.2 Å². The molecule has 216 valence electrons. The van der Waals surface area contributed by atoms with Crippen LogP contribution in [-0.2, 0) is 4.74 Å². The standard InChI is InChI=1S/C34H38ClFN2O3/c1-4-40-33(39)30-14-11-28(21-32(30)41-29-12-9-27(36)10-13-29)38-19-17-37(18-20-38)23-25-15-16-34(2,3)22-31(25)24-5-7-26(35)8-6-24/h5-14,21H,4,15-20,22-23H2,1-3H3. The van der Waals surface area contributed by atoms with Crippen LogP contribution in [0, 0.1) is 11.2 Å². The number of hydrogen-bond acceptors (Lipinski definition) is 5. The van der Waals surface area contributed by atoms with Crippen LogP contribution in [0.2, 0.25) is 5.02 Å². The normalized spacial score (nSPS) is 17.4. The molecular weight excluding hydrogens is 539 g/mol. The minimum Gasteiger partial charge on any atom is -0.462 e. The van der Waals surface area contributed by atoms with E-state index in [9.17, 15) is 9.18 Å². The topological polar surface area (TPSA) is 42.0 Å². The lowest BCUT2D eigenvalue weighted by molar-refractivity contribution is 0.0523. The van der Waals surface area contributed by atoms with Gasteiger partial charge in [-0.05, 0) is 91.3 Å². The smallest absolute Gasteiger partial charge is 0.341 e. The highest BCUT2D eigenvalue weighted by Crippen LogP contribution is 2.43. The average Bonchev–Trinajstić information content (AvgIpc) is 2.96. The number of halogens is 2. The molecule has 1 fully saturated rings. The molecule has 0 atom stereocenters. The summed E-state index contributed by atoms with van der Waals surface area (Å²) in [5.74, 6) is 0.0703. The molecule has 3 aromatic carbocycles. The Labute approximate surface area is 247 Å². The number of ether oxygens (including phenoxy) is 2. The Morgan fingerprint density at radius 2 is 1.68 bits per heavy atom. The molecule has 1 aliphatic carbocycles. The van der Waals surface area contributed by atoms with Crippen LogP contribution in [0.1, 0.15) is 56.0 Å². The zero-order valence-electron chi connectivity index (χ0n) is 24.1. The molecule has 5 nitrogen and oxygen atoms in total. The van der Waals surface area contributed by atoms with Crippen molar-refractivity contribution < 1.29 is 18.7 Å². The van der Waals surface area contributed by atoms with Gasteiger partial charge >= 0.3 is 5.97 Å². The Bertz CT molecular complexity index is 1390. The molecule has 0 radical (unpaired) electrons. The van der Waals surface area contributed by atoms with E-state index in [1.807, 2.05) is 24.3 Å². The summed E-state index contributed by atoms with van der Waals surface area (Å²) in [6.07, 6.45) is 3.39. The van der Waals surface area contributed by atoms with Crippen LogP contribution >= 0.6 is 11.6 Å². The van der Waals surface area contributed by atoms with Gasteiger partial charge in [-0.3, -0.25) is 4.90 Å². The van der Waals surface area contributed by atoms with Crippen LogP contribution in [0.5, 0.6) is 11.5 Å². The third-order valence-electron chi connectivity index (χ3n) is 8.03. The highest BCUT2D eigenvalue weighted by atomic mass is 35.5. The maximum atomic E-state index is 13.4. The number of rotatable bonds is 8. The minimum absolute atomic E-state index is 0.270. The number of benzene rings is 3. The van der Waals surface area contributed by atoms with E-state index in [-0.39, 0.29) is 12.4 Å². The van der Waals surface area contributed by atoms with E-state index in [1.54, 1.807) is 25.1 Å². The van der Waals surface area contributed by atoms with Gasteiger partial charge in [0.05, 0.1) is 6.61 Å². The van der Waals surface area contributed by atoms with E-state index in [0.29, 0.717) is 22.5 Å². The van der Waals surface area contributed by atoms with Crippen molar-refractivity contribution in [1.82, 2.24) is 4.90 Å². The van der Waals surface area contributed by atoms with Crippen molar-refractivity contribution in [3.63, 3.8) is 0 Å². The molecule has 5 rings (SSSR count). The minimum atomic E-state index is -0.443. The third kappa shape index (κ3) is 7.30. The zero-order chi connectivity index (χ0) is 29.0. The molecule has 7 heteroatoms. The van der Waals surface area contributed by atoms with Gasteiger partial charge < -0.3 is 14.4 Å². The predicted octanol–water partition coefficient (Wildman–Crippen LogP) is 8.23. The molecule has 0 bridgehead atoms. The van der Waals surface area contributed by atoms with E-state index < -0.39 is 5.97 Å². The van der Waals surface area contributed by atoms with Crippen LogP contribution in [0.4, 0.5) is 10.1 Å². The Kier molecular flexibility index (Phi) is 9.00. The van der Waals surface area contributed by atoms with Crippen molar-refractivity contribution in [1.29, 1.82) is 0 Å². The second kappa shape index (κ2) is 12.7. The number of carbonyl (C=O) groups is 1. The first kappa shape index (κ1) is 29.2. The highest BCUT2D eigenvalue weighted by molar-refractivity contribution is 6.30. The van der Waals surface area contributed by atoms with Crippen LogP contribution in [0.15, 0.2) is 72.3 Å². The van der Waals surface area contributed by atoms with E-state index in [4.69, 9.17) is 21.1 Å². The van der Waals surface area contributed by atoms with E-state index in [1.165, 1.54) is 35.3 Å². The first-order chi connectivity index (χ1) is 19.7. The third-order valence-corrected chi connectivity index (χ3v) is 8.28. The summed E-state index contributed by atoms with van der Waals surface area (Å²) in [7, 11) is 0. The number of allylic oxidation sites excluding steroid dienone is 1.